The van der Waals surface area contributed by atoms with Crippen LogP contribution in [-0.2, 0) is 0 Å². The summed E-state index contributed by atoms with van der Waals surface area (Å²) in [5.74, 6) is 3.83. The highest BCUT2D eigenvalue weighted by Crippen LogP contribution is 2.42. The van der Waals surface area contributed by atoms with Crippen molar-refractivity contribution in [2.24, 2.45) is 0 Å². The summed E-state index contributed by atoms with van der Waals surface area (Å²) in [6.45, 7) is 0. The van der Waals surface area contributed by atoms with Crippen LogP contribution in [0.15, 0.2) is 449 Å². The van der Waals surface area contributed by atoms with E-state index in [1.165, 1.54) is 66.1 Å². The van der Waals surface area contributed by atoms with E-state index in [0.717, 1.165) is 100 Å². The van der Waals surface area contributed by atoms with E-state index in [9.17, 15) is 0 Å². The van der Waals surface area contributed by atoms with Crippen LogP contribution in [0.2, 0.25) is 0 Å². The van der Waals surface area contributed by atoms with Crippen LogP contribution < -0.4 is 0 Å². The Balaban J connectivity index is 0.000000155. The molecular weight excluding hydrogens is 1410 g/mol. The molecule has 544 valence electrons. The van der Waals surface area contributed by atoms with Gasteiger partial charge >= 0.3 is 0 Å². The molecule has 2 aromatic heterocycles. The van der Waals surface area contributed by atoms with Gasteiger partial charge in [-0.05, 0) is 200 Å². The molecule has 0 bridgehead atoms. The van der Waals surface area contributed by atoms with Gasteiger partial charge in [0.1, 0.15) is 0 Å². The number of nitrogens with zero attached hydrogens (tertiary/aromatic N) is 6. The van der Waals surface area contributed by atoms with E-state index in [1.54, 1.807) is 0 Å². The molecule has 0 radical (unpaired) electrons. The Morgan fingerprint density at radius 1 is 0.103 bits per heavy atom. The summed E-state index contributed by atoms with van der Waals surface area (Å²) in [5.41, 5.74) is 28.8. The van der Waals surface area contributed by atoms with Crippen LogP contribution in [0.4, 0.5) is 0 Å². The van der Waals surface area contributed by atoms with Gasteiger partial charge in [0.15, 0.2) is 34.9 Å². The van der Waals surface area contributed by atoms with Gasteiger partial charge in [-0.3, -0.25) is 0 Å². The largest absolute Gasteiger partial charge is 0.208 e. The molecule has 0 fully saturated rings. The minimum Gasteiger partial charge on any atom is -0.208 e. The van der Waals surface area contributed by atoms with Crippen molar-refractivity contribution in [3.05, 3.63) is 449 Å². The van der Waals surface area contributed by atoms with Crippen molar-refractivity contribution in [3.63, 3.8) is 0 Å². The maximum Gasteiger partial charge on any atom is 0.164 e. The molecule has 0 amide bonds. The van der Waals surface area contributed by atoms with Gasteiger partial charge in [-0.25, -0.2) is 29.9 Å². The van der Waals surface area contributed by atoms with Gasteiger partial charge in [-0.15, -0.1) is 0 Å². The van der Waals surface area contributed by atoms with Crippen molar-refractivity contribution in [2.45, 2.75) is 0 Å². The minimum atomic E-state index is 0.629. The van der Waals surface area contributed by atoms with E-state index in [0.29, 0.717) is 34.9 Å². The summed E-state index contributed by atoms with van der Waals surface area (Å²) in [5, 5.41) is 4.96. The molecule has 0 saturated carbocycles. The van der Waals surface area contributed by atoms with E-state index >= 15 is 0 Å². The van der Waals surface area contributed by atoms with Gasteiger partial charge in [-0.2, -0.15) is 0 Å². The summed E-state index contributed by atoms with van der Waals surface area (Å²) >= 11 is 0. The smallest absolute Gasteiger partial charge is 0.164 e. The molecule has 0 N–H and O–H groups in total. The highest BCUT2D eigenvalue weighted by Gasteiger charge is 2.19. The zero-order chi connectivity index (χ0) is 77.4. The summed E-state index contributed by atoms with van der Waals surface area (Å²) in [6, 6.07) is 158. The second-order valence-corrected chi connectivity index (χ2v) is 28.9. The average Bonchev–Trinajstić information content (AvgIpc) is 0.786. The summed E-state index contributed by atoms with van der Waals surface area (Å²) < 4.78 is 0. The highest BCUT2D eigenvalue weighted by atomic mass is 15.0. The molecule has 0 spiro atoms. The highest BCUT2D eigenvalue weighted by molar-refractivity contribution is 5.99. The van der Waals surface area contributed by atoms with E-state index in [-0.39, 0.29) is 0 Å². The molecule has 6 heteroatoms. The fourth-order valence-corrected chi connectivity index (χ4v) is 15.5. The predicted octanol–water partition coefficient (Wildman–Crippen LogP) is 28.7. The van der Waals surface area contributed by atoms with Crippen LogP contribution in [0.1, 0.15) is 0 Å². The predicted molar refractivity (Wildman–Crippen MR) is 482 cm³/mol. The lowest BCUT2D eigenvalue weighted by molar-refractivity contribution is 1.07. The van der Waals surface area contributed by atoms with Crippen molar-refractivity contribution in [3.8, 4) is 180 Å². The van der Waals surface area contributed by atoms with Gasteiger partial charge in [0.2, 0.25) is 0 Å². The fourth-order valence-electron chi connectivity index (χ4n) is 15.5. The number of aromatic nitrogens is 6. The van der Waals surface area contributed by atoms with Crippen LogP contribution in [-0.4, -0.2) is 29.9 Å². The van der Waals surface area contributed by atoms with Crippen molar-refractivity contribution >= 4 is 21.5 Å². The van der Waals surface area contributed by atoms with Crippen LogP contribution in [0, 0.1) is 0 Å². The first-order chi connectivity index (χ1) is 57.4. The summed E-state index contributed by atoms with van der Waals surface area (Å²) in [4.78, 5) is 30.0. The van der Waals surface area contributed by atoms with Crippen LogP contribution >= 0.6 is 0 Å². The zero-order valence-corrected chi connectivity index (χ0v) is 63.4. The van der Waals surface area contributed by atoms with Crippen molar-refractivity contribution < 1.29 is 0 Å². The Labute approximate surface area is 675 Å². The molecule has 0 aliphatic rings. The molecule has 2 heterocycles. The number of fused-ring (bicyclic) bond motifs is 2. The third-order valence-corrected chi connectivity index (χ3v) is 21.4. The Hall–Kier alpha value is -15.5. The monoisotopic (exact) mass is 1480 g/mol. The molecule has 20 rings (SSSR count). The SMILES string of the molecule is c1ccc(-c2ccc(-c3cc(-c4cccc(-c5nc(-c6ccccc6)nc(-c6ccccc6)n5)c4)cc(-c4cccc(-c5cccc6ccccc56)c4)c3)cc2)cc1.c1ccc(-c2cccc(-c3cc(-c4cccc(-c5nc(-c6ccccc6)nc(-c6ccccc6)n5)c4)cc(-c4cccc(-c5cccc6ccccc56)c4)c3)c2)cc1. The average molecular weight is 1480 g/mol. The standard InChI is InChI=1S/2C55H37N3/c1-4-16-38(17-5-1)42-24-12-25-43(32-42)48-35-49(44-26-13-28-46(33-44)52-31-15-23-39-18-10-11-30-51(39)52)37-50(36-48)45-27-14-29-47(34-45)55-57-53(40-19-6-2-7-20-40)56-54(58-55)41-21-8-3-9-22-41;1-4-15-38(16-5-1)39-29-31-40(32-30-39)48-35-49(44-23-12-25-46(33-44)52-28-14-22-41-17-10-11-27-51(41)52)37-50(36-48)45-24-13-26-47(34-45)55-57-53(42-18-6-2-7-19-42)56-54(58-55)43-20-8-3-9-21-43/h2*1-37H. The quantitative estimate of drug-likeness (QED) is 0.0959. The van der Waals surface area contributed by atoms with Gasteiger partial charge in [0, 0.05) is 33.4 Å². The van der Waals surface area contributed by atoms with Gasteiger partial charge in [-0.1, -0.05) is 382 Å². The molecule has 20 aromatic rings. The maximum absolute atomic E-state index is 5.04. The molecule has 0 saturated heterocycles. The van der Waals surface area contributed by atoms with Crippen molar-refractivity contribution in [1.29, 1.82) is 0 Å². The molecule has 116 heavy (non-hydrogen) atoms. The van der Waals surface area contributed by atoms with Crippen molar-refractivity contribution in [2.75, 3.05) is 0 Å². The summed E-state index contributed by atoms with van der Waals surface area (Å²) in [6.07, 6.45) is 0. The van der Waals surface area contributed by atoms with Gasteiger partial charge < -0.3 is 0 Å². The third-order valence-electron chi connectivity index (χ3n) is 21.4. The number of benzene rings is 18. The fraction of sp³-hybridized carbons (Fsp3) is 0. The first-order valence-corrected chi connectivity index (χ1v) is 39.2. The Bertz CT molecular complexity index is 6790. The second-order valence-electron chi connectivity index (χ2n) is 28.9. The zero-order valence-electron chi connectivity index (χ0n) is 63.4. The molecule has 0 aliphatic heterocycles. The first kappa shape index (κ1) is 70.9. The molecular formula is C110H74N6. The second kappa shape index (κ2) is 32.4. The lowest BCUT2D eigenvalue weighted by atomic mass is 9.90. The van der Waals surface area contributed by atoms with Crippen LogP contribution in [0.5, 0.6) is 0 Å². The van der Waals surface area contributed by atoms with E-state index < -0.39 is 0 Å². The van der Waals surface area contributed by atoms with Crippen LogP contribution in [0.3, 0.4) is 0 Å². The lowest BCUT2D eigenvalue weighted by Gasteiger charge is -2.14. The Kier molecular flexibility index (Phi) is 19.8. The van der Waals surface area contributed by atoms with Crippen molar-refractivity contribution in [1.82, 2.24) is 29.9 Å². The number of hydrogen-bond acceptors (Lipinski definition) is 6. The lowest BCUT2D eigenvalue weighted by Crippen LogP contribution is -2.00. The van der Waals surface area contributed by atoms with E-state index in [2.05, 4.69) is 328 Å². The number of rotatable bonds is 16. The number of hydrogen-bond donors (Lipinski definition) is 0. The Morgan fingerprint density at radius 2 is 0.276 bits per heavy atom. The van der Waals surface area contributed by atoms with Gasteiger partial charge in [0.25, 0.3) is 0 Å². The molecule has 0 unspecified atom stereocenters. The molecule has 0 aliphatic carbocycles. The van der Waals surface area contributed by atoms with E-state index in [4.69, 9.17) is 29.9 Å². The topological polar surface area (TPSA) is 77.3 Å². The minimum absolute atomic E-state index is 0.629. The molecule has 0 atom stereocenters. The third kappa shape index (κ3) is 15.4. The maximum atomic E-state index is 5.04. The Morgan fingerprint density at radius 3 is 0.595 bits per heavy atom. The first-order valence-electron chi connectivity index (χ1n) is 39.2. The van der Waals surface area contributed by atoms with Crippen LogP contribution in [0.25, 0.3) is 201 Å². The van der Waals surface area contributed by atoms with E-state index in [1.807, 2.05) is 121 Å². The van der Waals surface area contributed by atoms with Gasteiger partial charge in [0.05, 0.1) is 0 Å². The molecule has 18 aromatic carbocycles. The summed E-state index contributed by atoms with van der Waals surface area (Å²) in [7, 11) is 0. The normalized spacial score (nSPS) is 11.1. The molecule has 6 nitrogen and oxygen atoms in total.